The van der Waals surface area contributed by atoms with Crippen LogP contribution < -0.4 is 10.1 Å². The summed E-state index contributed by atoms with van der Waals surface area (Å²) in [5.74, 6) is -0.609. The van der Waals surface area contributed by atoms with Gasteiger partial charge < -0.3 is 20.3 Å². The molecule has 0 heterocycles. The summed E-state index contributed by atoms with van der Waals surface area (Å²) in [6, 6.07) is 21.6. The molecule has 0 unspecified atom stereocenters. The van der Waals surface area contributed by atoms with Crippen molar-refractivity contribution in [3.05, 3.63) is 88.4 Å². The van der Waals surface area contributed by atoms with E-state index in [1.165, 1.54) is 17.7 Å². The van der Waals surface area contributed by atoms with Crippen LogP contribution in [0.25, 0.3) is 11.1 Å². The molecule has 3 N–H and O–H groups in total. The van der Waals surface area contributed by atoms with E-state index in [1.54, 1.807) is 30.3 Å². The van der Waals surface area contributed by atoms with Gasteiger partial charge in [-0.2, -0.15) is 5.26 Å². The van der Waals surface area contributed by atoms with E-state index in [-0.39, 0.29) is 17.7 Å². The van der Waals surface area contributed by atoms with Crippen molar-refractivity contribution in [2.75, 3.05) is 13.2 Å². The van der Waals surface area contributed by atoms with E-state index < -0.39 is 12.1 Å². The van der Waals surface area contributed by atoms with Crippen LogP contribution >= 0.6 is 11.6 Å². The van der Waals surface area contributed by atoms with Gasteiger partial charge in [0.1, 0.15) is 24.5 Å². The predicted octanol–water partition coefficient (Wildman–Crippen LogP) is 4.68. The van der Waals surface area contributed by atoms with Crippen LogP contribution in [-0.2, 0) is 6.42 Å². The van der Waals surface area contributed by atoms with Gasteiger partial charge in [0.25, 0.3) is 0 Å². The number of rotatable bonds is 10. The Morgan fingerprint density at radius 2 is 1.76 bits per heavy atom. The van der Waals surface area contributed by atoms with Gasteiger partial charge in [-0.15, -0.1) is 0 Å². The van der Waals surface area contributed by atoms with E-state index >= 15 is 0 Å². The Labute approximate surface area is 203 Å². The molecule has 7 heteroatoms. The molecule has 0 amide bonds. The third kappa shape index (κ3) is 5.95. The molecule has 1 fully saturated rings. The second kappa shape index (κ2) is 10.3. The number of nitriles is 1. The average Bonchev–Trinajstić information content (AvgIpc) is 3.62. The number of nitrogens with one attached hydrogen (secondary N) is 1. The molecule has 34 heavy (non-hydrogen) atoms. The van der Waals surface area contributed by atoms with E-state index in [0.717, 1.165) is 30.4 Å². The Hall–Kier alpha value is -3.37. The molecule has 0 radical (unpaired) electrons. The molecule has 1 saturated carbocycles. The van der Waals surface area contributed by atoms with Crippen molar-refractivity contribution in [3.63, 3.8) is 0 Å². The van der Waals surface area contributed by atoms with Gasteiger partial charge in [0.05, 0.1) is 11.1 Å². The summed E-state index contributed by atoms with van der Waals surface area (Å²) >= 11 is 5.97. The number of carboxylic acid groups (broad SMARTS) is 1. The number of hydrogen-bond donors (Lipinski definition) is 3. The normalized spacial score (nSPS) is 14.7. The monoisotopic (exact) mass is 476 g/mol. The molecule has 1 atom stereocenters. The first-order valence-corrected chi connectivity index (χ1v) is 11.4. The zero-order valence-electron chi connectivity index (χ0n) is 18.5. The van der Waals surface area contributed by atoms with Crippen molar-refractivity contribution in [3.8, 4) is 22.9 Å². The Kier molecular flexibility index (Phi) is 7.18. The Morgan fingerprint density at radius 1 is 1.09 bits per heavy atom. The first-order chi connectivity index (χ1) is 16.4. The zero-order chi connectivity index (χ0) is 24.1. The Bertz CT molecular complexity index is 1200. The maximum absolute atomic E-state index is 11.1. The van der Waals surface area contributed by atoms with Crippen molar-refractivity contribution in [1.82, 2.24) is 5.32 Å². The van der Waals surface area contributed by atoms with Gasteiger partial charge in [0.2, 0.25) is 0 Å². The first-order valence-electron chi connectivity index (χ1n) is 11.1. The van der Waals surface area contributed by atoms with Gasteiger partial charge in [-0.3, -0.25) is 0 Å². The number of halogens is 1. The second-order valence-corrected chi connectivity index (χ2v) is 9.07. The highest BCUT2D eigenvalue weighted by atomic mass is 35.5. The maximum atomic E-state index is 11.1. The number of hydrogen-bond acceptors (Lipinski definition) is 5. The van der Waals surface area contributed by atoms with Gasteiger partial charge in [0, 0.05) is 17.1 Å². The van der Waals surface area contributed by atoms with Gasteiger partial charge in [-0.05, 0) is 72.4 Å². The number of β-amino-alcohol motifs (C(OH)–C–C–N with tert-alkyl or cyclic N) is 1. The number of aromatic carboxylic acids is 1. The fourth-order valence-corrected chi connectivity index (χ4v) is 3.98. The molecular formula is C27H25ClN2O4. The van der Waals surface area contributed by atoms with E-state index in [2.05, 4.69) is 11.4 Å². The van der Waals surface area contributed by atoms with Crippen molar-refractivity contribution < 1.29 is 19.7 Å². The molecule has 0 aliphatic heterocycles. The van der Waals surface area contributed by atoms with Crippen LogP contribution in [0.2, 0.25) is 5.02 Å². The smallest absolute Gasteiger partial charge is 0.335 e. The van der Waals surface area contributed by atoms with E-state index in [9.17, 15) is 15.2 Å². The molecule has 1 aliphatic rings. The summed E-state index contributed by atoms with van der Waals surface area (Å²) in [4.78, 5) is 11.1. The summed E-state index contributed by atoms with van der Waals surface area (Å²) in [6.45, 7) is 0.423. The third-order valence-electron chi connectivity index (χ3n) is 6.02. The SMILES string of the molecule is N#Cc1ccc(-c2ccc(C(=O)O)cc2)cc1OC[C@@H](O)CNC1(Cc2ccc(Cl)cc2)CC1. The number of carboxylic acids is 1. The van der Waals surface area contributed by atoms with Gasteiger partial charge in [-0.25, -0.2) is 4.79 Å². The van der Waals surface area contributed by atoms with E-state index in [0.29, 0.717) is 22.9 Å². The van der Waals surface area contributed by atoms with Crippen LogP contribution in [0.4, 0.5) is 0 Å². The largest absolute Gasteiger partial charge is 0.489 e. The van der Waals surface area contributed by atoms with E-state index in [4.69, 9.17) is 21.4 Å². The van der Waals surface area contributed by atoms with Crippen molar-refractivity contribution in [1.29, 1.82) is 5.26 Å². The molecule has 0 spiro atoms. The lowest BCUT2D eigenvalue weighted by Gasteiger charge is -2.21. The van der Waals surface area contributed by atoms with Gasteiger partial charge in [-0.1, -0.05) is 41.9 Å². The number of ether oxygens (including phenoxy) is 1. The Balaban J connectivity index is 1.35. The summed E-state index contributed by atoms with van der Waals surface area (Å²) in [5.41, 5.74) is 3.36. The summed E-state index contributed by atoms with van der Waals surface area (Å²) in [6.07, 6.45) is 2.22. The van der Waals surface area contributed by atoms with Crippen molar-refractivity contribution >= 4 is 17.6 Å². The number of benzene rings is 3. The maximum Gasteiger partial charge on any atom is 0.335 e. The lowest BCUT2D eigenvalue weighted by molar-refractivity contribution is 0.0697. The average molecular weight is 477 g/mol. The van der Waals surface area contributed by atoms with Crippen LogP contribution in [-0.4, -0.2) is 41.0 Å². The molecule has 6 nitrogen and oxygen atoms in total. The minimum atomic E-state index is -0.987. The zero-order valence-corrected chi connectivity index (χ0v) is 19.3. The molecular weight excluding hydrogens is 452 g/mol. The Morgan fingerprint density at radius 3 is 2.38 bits per heavy atom. The van der Waals surface area contributed by atoms with Crippen LogP contribution in [0.3, 0.4) is 0 Å². The van der Waals surface area contributed by atoms with Crippen LogP contribution in [0.1, 0.15) is 34.3 Å². The van der Waals surface area contributed by atoms with Crippen LogP contribution in [0.5, 0.6) is 5.75 Å². The topological polar surface area (TPSA) is 103 Å². The van der Waals surface area contributed by atoms with Gasteiger partial charge >= 0.3 is 5.97 Å². The molecule has 174 valence electrons. The van der Waals surface area contributed by atoms with Gasteiger partial charge in [0.15, 0.2) is 0 Å². The fourth-order valence-electron chi connectivity index (χ4n) is 3.86. The minimum absolute atomic E-state index is 0.00530. The predicted molar refractivity (Wildman–Crippen MR) is 130 cm³/mol. The third-order valence-corrected chi connectivity index (χ3v) is 6.27. The minimum Gasteiger partial charge on any atom is -0.489 e. The summed E-state index contributed by atoms with van der Waals surface area (Å²) in [5, 5.41) is 33.2. The standard InChI is InChI=1S/C27H25ClN2O4/c28-23-9-1-18(2-10-23)14-27(11-12-27)30-16-24(31)17-34-25-13-21(7-8-22(25)15-29)19-3-5-20(6-4-19)26(32)33/h1-10,13,24,30-31H,11-12,14,16-17H2,(H,32,33)/t24-/m0/s1. The quantitative estimate of drug-likeness (QED) is 0.392. The summed E-state index contributed by atoms with van der Waals surface area (Å²) in [7, 11) is 0. The summed E-state index contributed by atoms with van der Waals surface area (Å²) < 4.78 is 5.81. The van der Waals surface area contributed by atoms with Crippen molar-refractivity contribution in [2.24, 2.45) is 0 Å². The fraction of sp³-hybridized carbons (Fsp3) is 0.259. The molecule has 0 saturated heterocycles. The van der Waals surface area contributed by atoms with Crippen molar-refractivity contribution in [2.45, 2.75) is 30.9 Å². The van der Waals surface area contributed by atoms with Crippen LogP contribution in [0.15, 0.2) is 66.7 Å². The second-order valence-electron chi connectivity index (χ2n) is 8.63. The highest BCUT2D eigenvalue weighted by Crippen LogP contribution is 2.38. The highest BCUT2D eigenvalue weighted by molar-refractivity contribution is 6.30. The van der Waals surface area contributed by atoms with E-state index in [1.807, 2.05) is 24.3 Å². The molecule has 0 aromatic heterocycles. The lowest BCUT2D eigenvalue weighted by Crippen LogP contribution is -2.40. The number of carbonyl (C=O) groups is 1. The molecule has 3 aromatic carbocycles. The van der Waals surface area contributed by atoms with Crippen LogP contribution in [0, 0.1) is 11.3 Å². The lowest BCUT2D eigenvalue weighted by atomic mass is 10.0. The molecule has 0 bridgehead atoms. The number of nitrogens with zero attached hydrogens (tertiary/aromatic N) is 1. The molecule has 1 aliphatic carbocycles. The highest BCUT2D eigenvalue weighted by Gasteiger charge is 2.42. The first kappa shape index (κ1) is 23.8. The molecule has 3 aromatic rings. The number of aliphatic hydroxyl groups excluding tert-OH is 1. The molecule has 4 rings (SSSR count). The number of aliphatic hydroxyl groups is 1.